The van der Waals surface area contributed by atoms with Crippen LogP contribution < -0.4 is 16.4 Å². The molecule has 0 spiro atoms. The van der Waals surface area contributed by atoms with E-state index < -0.39 is 0 Å². The molecule has 0 fully saturated rings. The molecule has 16 heavy (non-hydrogen) atoms. The number of allylic oxidation sites excluding steroid dienone is 2. The van der Waals surface area contributed by atoms with Crippen molar-refractivity contribution in [3.05, 3.63) is 23.3 Å². The second-order valence-electron chi connectivity index (χ2n) is 4.10. The lowest BCUT2D eigenvalue weighted by Crippen LogP contribution is -2.52. The second kappa shape index (κ2) is 4.38. The first-order valence-corrected chi connectivity index (χ1v) is 5.41. The van der Waals surface area contributed by atoms with Crippen LogP contribution in [0.5, 0.6) is 0 Å². The van der Waals surface area contributed by atoms with Crippen LogP contribution in [0.3, 0.4) is 0 Å². The number of guanidine groups is 2. The van der Waals surface area contributed by atoms with E-state index in [1.54, 1.807) is 0 Å². The van der Waals surface area contributed by atoms with Gasteiger partial charge in [0.1, 0.15) is 6.17 Å². The lowest BCUT2D eigenvalue weighted by atomic mass is 10.3. The van der Waals surface area contributed by atoms with Gasteiger partial charge in [-0.15, -0.1) is 0 Å². The fourth-order valence-corrected chi connectivity index (χ4v) is 1.72. The monoisotopic (exact) mass is 219 g/mol. The molecule has 5 nitrogen and oxygen atoms in total. The largest absolute Gasteiger partial charge is 0.370 e. The Labute approximate surface area is 95.2 Å². The topological polar surface area (TPSA) is 74.8 Å². The van der Waals surface area contributed by atoms with Crippen molar-refractivity contribution in [2.75, 3.05) is 6.54 Å². The highest BCUT2D eigenvalue weighted by Gasteiger charge is 2.12. The summed E-state index contributed by atoms with van der Waals surface area (Å²) in [6.07, 6.45) is 5.40. The maximum absolute atomic E-state index is 5.61. The van der Waals surface area contributed by atoms with Crippen molar-refractivity contribution in [1.29, 1.82) is 0 Å². The third-order valence-corrected chi connectivity index (χ3v) is 2.46. The molecular formula is C11H17N5. The Morgan fingerprint density at radius 1 is 1.62 bits per heavy atom. The van der Waals surface area contributed by atoms with Crippen LogP contribution >= 0.6 is 0 Å². The minimum Gasteiger partial charge on any atom is -0.370 e. The van der Waals surface area contributed by atoms with Crippen LogP contribution in [0.15, 0.2) is 33.3 Å². The number of hydrogen-bond donors (Lipinski definition) is 3. The Hall–Kier alpha value is -1.78. The van der Waals surface area contributed by atoms with Gasteiger partial charge in [0.2, 0.25) is 0 Å². The third kappa shape index (κ3) is 2.62. The quantitative estimate of drug-likeness (QED) is 0.632. The zero-order chi connectivity index (χ0) is 11.5. The Bertz CT molecular complexity index is 403. The molecule has 2 rings (SSSR count). The summed E-state index contributed by atoms with van der Waals surface area (Å²) >= 11 is 0. The van der Waals surface area contributed by atoms with E-state index in [-0.39, 0.29) is 6.17 Å². The maximum Gasteiger partial charge on any atom is 0.200 e. The van der Waals surface area contributed by atoms with Crippen molar-refractivity contribution in [3.63, 3.8) is 0 Å². The van der Waals surface area contributed by atoms with Gasteiger partial charge in [0.15, 0.2) is 11.9 Å². The van der Waals surface area contributed by atoms with E-state index in [0.29, 0.717) is 18.5 Å². The first-order valence-electron chi connectivity index (χ1n) is 5.41. The lowest BCUT2D eigenvalue weighted by Gasteiger charge is -2.20. The molecule has 2 aliphatic rings. The molecule has 1 aliphatic carbocycles. The van der Waals surface area contributed by atoms with Crippen LogP contribution in [0.1, 0.15) is 20.3 Å². The molecule has 1 aliphatic heterocycles. The first-order chi connectivity index (χ1) is 7.63. The Balaban J connectivity index is 1.96. The number of aliphatic imine (C=N–C) groups is 2. The van der Waals surface area contributed by atoms with Crippen molar-refractivity contribution in [1.82, 2.24) is 10.6 Å². The van der Waals surface area contributed by atoms with Gasteiger partial charge in [-0.1, -0.05) is 17.7 Å². The van der Waals surface area contributed by atoms with Gasteiger partial charge in [-0.3, -0.25) is 5.32 Å². The van der Waals surface area contributed by atoms with Crippen LogP contribution in [0.25, 0.3) is 0 Å². The van der Waals surface area contributed by atoms with Crippen molar-refractivity contribution in [3.8, 4) is 0 Å². The molecule has 1 atom stereocenters. The highest BCUT2D eigenvalue weighted by Crippen LogP contribution is 2.16. The summed E-state index contributed by atoms with van der Waals surface area (Å²) in [5.41, 5.74) is 8.25. The van der Waals surface area contributed by atoms with Gasteiger partial charge < -0.3 is 11.1 Å². The fraction of sp³-hybridized carbons (Fsp3) is 0.455. The van der Waals surface area contributed by atoms with Crippen LogP contribution in [0.2, 0.25) is 0 Å². The summed E-state index contributed by atoms with van der Waals surface area (Å²) in [7, 11) is 0. The zero-order valence-electron chi connectivity index (χ0n) is 9.62. The van der Waals surface area contributed by atoms with Gasteiger partial charge >= 0.3 is 0 Å². The van der Waals surface area contributed by atoms with Gasteiger partial charge in [0.25, 0.3) is 0 Å². The second-order valence-corrected chi connectivity index (χ2v) is 4.10. The molecule has 0 saturated carbocycles. The number of nitrogens with zero attached hydrogens (tertiary/aromatic N) is 2. The van der Waals surface area contributed by atoms with Crippen LogP contribution in [-0.2, 0) is 0 Å². The minimum absolute atomic E-state index is 0.0187. The molecule has 5 heteroatoms. The molecule has 0 radical (unpaired) electrons. The summed E-state index contributed by atoms with van der Waals surface area (Å²) < 4.78 is 0. The van der Waals surface area contributed by atoms with Crippen LogP contribution in [0, 0.1) is 0 Å². The predicted octanol–water partition coefficient (Wildman–Crippen LogP) is 0.472. The van der Waals surface area contributed by atoms with E-state index in [0.717, 1.165) is 6.42 Å². The smallest absolute Gasteiger partial charge is 0.200 e. The summed E-state index contributed by atoms with van der Waals surface area (Å²) in [5, 5.41) is 6.01. The molecule has 0 saturated heterocycles. The van der Waals surface area contributed by atoms with E-state index in [9.17, 15) is 0 Å². The van der Waals surface area contributed by atoms with Crippen LogP contribution in [0.4, 0.5) is 0 Å². The number of nitrogens with two attached hydrogens (primary N) is 1. The molecule has 0 aromatic carbocycles. The van der Waals surface area contributed by atoms with E-state index >= 15 is 0 Å². The number of hydrogen-bond acceptors (Lipinski definition) is 3. The fourth-order valence-electron chi connectivity index (χ4n) is 1.72. The summed E-state index contributed by atoms with van der Waals surface area (Å²) in [5.74, 6) is 1.11. The normalized spacial score (nSPS) is 26.8. The predicted molar refractivity (Wildman–Crippen MR) is 66.1 cm³/mol. The van der Waals surface area contributed by atoms with Crippen molar-refractivity contribution < 1.29 is 0 Å². The molecular weight excluding hydrogens is 202 g/mol. The van der Waals surface area contributed by atoms with Crippen molar-refractivity contribution >= 4 is 11.9 Å². The summed E-state index contributed by atoms with van der Waals surface area (Å²) in [4.78, 5) is 8.51. The SMILES string of the molecule is CC1=CC(CN=C2NC(N)=NC(C)N2)=CC1. The Morgan fingerprint density at radius 2 is 2.44 bits per heavy atom. The summed E-state index contributed by atoms with van der Waals surface area (Å²) in [6, 6.07) is 0. The van der Waals surface area contributed by atoms with E-state index in [4.69, 9.17) is 5.73 Å². The molecule has 1 unspecified atom stereocenters. The highest BCUT2D eigenvalue weighted by molar-refractivity contribution is 5.99. The van der Waals surface area contributed by atoms with Crippen LogP contribution in [-0.4, -0.2) is 24.6 Å². The first kappa shape index (κ1) is 10.7. The number of rotatable bonds is 2. The average molecular weight is 219 g/mol. The third-order valence-electron chi connectivity index (χ3n) is 2.46. The van der Waals surface area contributed by atoms with E-state index in [1.165, 1.54) is 11.1 Å². The van der Waals surface area contributed by atoms with Gasteiger partial charge in [0.05, 0.1) is 6.54 Å². The van der Waals surface area contributed by atoms with Crippen molar-refractivity contribution in [2.24, 2.45) is 15.7 Å². The van der Waals surface area contributed by atoms with E-state index in [2.05, 4.69) is 39.7 Å². The standard InChI is InChI=1S/C11H17N5/c1-7-3-4-9(5-7)6-13-11-15-8(2)14-10(12)16-11/h4-5,8H,3,6H2,1-2H3,(H4,12,13,14,15,16). The average Bonchev–Trinajstić information content (AvgIpc) is 2.60. The van der Waals surface area contributed by atoms with Gasteiger partial charge in [0, 0.05) is 0 Å². The van der Waals surface area contributed by atoms with Gasteiger partial charge in [-0.25, -0.2) is 9.98 Å². The molecule has 0 aromatic rings. The molecule has 86 valence electrons. The summed E-state index contributed by atoms with van der Waals surface area (Å²) in [6.45, 7) is 4.73. The lowest BCUT2D eigenvalue weighted by molar-refractivity contribution is 0.665. The zero-order valence-corrected chi connectivity index (χ0v) is 9.62. The molecule has 0 aromatic heterocycles. The minimum atomic E-state index is -0.0187. The molecule has 0 amide bonds. The Morgan fingerprint density at radius 3 is 3.06 bits per heavy atom. The molecule has 0 bridgehead atoms. The van der Waals surface area contributed by atoms with E-state index in [1.807, 2.05) is 6.92 Å². The Kier molecular flexibility index (Phi) is 2.94. The molecule has 4 N–H and O–H groups in total. The highest BCUT2D eigenvalue weighted by atomic mass is 15.3. The van der Waals surface area contributed by atoms with Crippen molar-refractivity contribution in [2.45, 2.75) is 26.4 Å². The number of nitrogens with one attached hydrogen (secondary N) is 2. The molecule has 1 heterocycles. The van der Waals surface area contributed by atoms with Gasteiger partial charge in [-0.2, -0.15) is 0 Å². The maximum atomic E-state index is 5.61. The van der Waals surface area contributed by atoms with Gasteiger partial charge in [-0.05, 0) is 25.8 Å².